The quantitative estimate of drug-likeness (QED) is 0.715. The summed E-state index contributed by atoms with van der Waals surface area (Å²) in [4.78, 5) is 4.69. The first-order valence-electron chi connectivity index (χ1n) is 8.06. The zero-order valence-corrected chi connectivity index (χ0v) is 15.2. The standard InChI is InChI=1S/C16H17N5O2S2/c1-2-11-3-7-13(8-4-11)25(22,23)20-14-9-10-17-21(14)16-18-15(19-24-16)12-5-6-12/h3-4,7-10,12,20H,2,5-6H2,1H3. The Morgan fingerprint density at radius 3 is 2.68 bits per heavy atom. The van der Waals surface area contributed by atoms with Crippen LogP contribution in [0.5, 0.6) is 0 Å². The van der Waals surface area contributed by atoms with E-state index in [1.165, 1.54) is 22.4 Å². The number of rotatable bonds is 6. The molecule has 1 aromatic carbocycles. The first-order chi connectivity index (χ1) is 12.1. The van der Waals surface area contributed by atoms with Crippen molar-refractivity contribution in [3.8, 4) is 5.13 Å². The number of benzene rings is 1. The Bertz CT molecular complexity index is 988. The lowest BCUT2D eigenvalue weighted by molar-refractivity contribution is 0.600. The molecule has 4 rings (SSSR count). The molecule has 0 spiro atoms. The van der Waals surface area contributed by atoms with Crippen molar-refractivity contribution in [1.82, 2.24) is 19.1 Å². The molecule has 3 aromatic rings. The molecule has 2 aromatic heterocycles. The monoisotopic (exact) mass is 375 g/mol. The second-order valence-electron chi connectivity index (χ2n) is 5.94. The number of anilines is 1. The fraction of sp³-hybridized carbons (Fsp3) is 0.312. The minimum Gasteiger partial charge on any atom is -0.263 e. The average molecular weight is 375 g/mol. The van der Waals surface area contributed by atoms with Gasteiger partial charge in [-0.3, -0.25) is 4.72 Å². The highest BCUT2D eigenvalue weighted by Gasteiger charge is 2.28. The van der Waals surface area contributed by atoms with E-state index < -0.39 is 10.0 Å². The smallest absolute Gasteiger partial charge is 0.263 e. The molecule has 7 nitrogen and oxygen atoms in total. The van der Waals surface area contributed by atoms with Crippen molar-refractivity contribution in [3.63, 3.8) is 0 Å². The number of aromatic nitrogens is 4. The fourth-order valence-corrected chi connectivity index (χ4v) is 4.22. The lowest BCUT2D eigenvalue weighted by Gasteiger charge is -2.09. The lowest BCUT2D eigenvalue weighted by Crippen LogP contribution is -2.16. The Kier molecular flexibility index (Phi) is 4.04. The zero-order chi connectivity index (χ0) is 17.4. The van der Waals surface area contributed by atoms with Crippen LogP contribution < -0.4 is 4.72 Å². The van der Waals surface area contributed by atoms with E-state index in [9.17, 15) is 8.42 Å². The van der Waals surface area contributed by atoms with E-state index in [-0.39, 0.29) is 4.90 Å². The Morgan fingerprint density at radius 2 is 2.00 bits per heavy atom. The molecule has 0 aliphatic heterocycles. The minimum atomic E-state index is -3.69. The number of nitrogens with zero attached hydrogens (tertiary/aromatic N) is 4. The molecule has 2 heterocycles. The predicted molar refractivity (Wildman–Crippen MR) is 95.6 cm³/mol. The van der Waals surface area contributed by atoms with Crippen LogP contribution in [-0.4, -0.2) is 27.6 Å². The summed E-state index contributed by atoms with van der Waals surface area (Å²) in [5.74, 6) is 1.61. The molecule has 1 fully saturated rings. The van der Waals surface area contributed by atoms with Gasteiger partial charge in [0, 0.05) is 23.5 Å². The number of aryl methyl sites for hydroxylation is 1. The molecule has 0 radical (unpaired) electrons. The number of sulfonamides is 1. The van der Waals surface area contributed by atoms with Crippen LogP contribution >= 0.6 is 11.5 Å². The maximum absolute atomic E-state index is 12.6. The van der Waals surface area contributed by atoms with Crippen molar-refractivity contribution in [2.45, 2.75) is 37.0 Å². The van der Waals surface area contributed by atoms with Crippen LogP contribution in [0, 0.1) is 0 Å². The molecule has 0 bridgehead atoms. The molecule has 130 valence electrons. The van der Waals surface area contributed by atoms with E-state index in [4.69, 9.17) is 0 Å². The highest BCUT2D eigenvalue weighted by molar-refractivity contribution is 7.92. The highest BCUT2D eigenvalue weighted by atomic mass is 32.2. The molecule has 0 amide bonds. The third kappa shape index (κ3) is 3.29. The maximum atomic E-state index is 12.6. The Hall–Kier alpha value is -2.26. The Morgan fingerprint density at radius 1 is 1.24 bits per heavy atom. The normalized spacial score (nSPS) is 14.6. The van der Waals surface area contributed by atoms with Gasteiger partial charge in [-0.05, 0) is 37.0 Å². The second kappa shape index (κ2) is 6.23. The zero-order valence-electron chi connectivity index (χ0n) is 13.6. The van der Waals surface area contributed by atoms with E-state index in [2.05, 4.69) is 19.2 Å². The SMILES string of the molecule is CCc1ccc(S(=O)(=O)Nc2ccnn2-c2nc(C3CC3)ns2)cc1. The van der Waals surface area contributed by atoms with Gasteiger partial charge in [-0.15, -0.1) is 0 Å². The summed E-state index contributed by atoms with van der Waals surface area (Å²) in [7, 11) is -3.69. The van der Waals surface area contributed by atoms with Gasteiger partial charge in [0.15, 0.2) is 0 Å². The van der Waals surface area contributed by atoms with Crippen LogP contribution in [0.4, 0.5) is 5.82 Å². The van der Waals surface area contributed by atoms with Crippen molar-refractivity contribution < 1.29 is 8.42 Å². The van der Waals surface area contributed by atoms with Crippen molar-refractivity contribution >= 4 is 27.4 Å². The van der Waals surface area contributed by atoms with E-state index in [1.807, 2.05) is 19.1 Å². The van der Waals surface area contributed by atoms with Gasteiger partial charge in [-0.25, -0.2) is 13.4 Å². The van der Waals surface area contributed by atoms with Crippen molar-refractivity contribution in [1.29, 1.82) is 0 Å². The number of hydrogen-bond acceptors (Lipinski definition) is 6. The number of hydrogen-bond donors (Lipinski definition) is 1. The third-order valence-corrected chi connectivity index (χ3v) is 6.15. The first-order valence-corrected chi connectivity index (χ1v) is 10.3. The van der Waals surface area contributed by atoms with Crippen LogP contribution in [0.2, 0.25) is 0 Å². The topological polar surface area (TPSA) is 89.8 Å². The van der Waals surface area contributed by atoms with Crippen LogP contribution in [0.15, 0.2) is 41.4 Å². The first kappa shape index (κ1) is 16.2. The molecule has 0 atom stereocenters. The van der Waals surface area contributed by atoms with Gasteiger partial charge >= 0.3 is 0 Å². The molecule has 0 saturated heterocycles. The summed E-state index contributed by atoms with van der Waals surface area (Å²) in [5.41, 5.74) is 1.09. The summed E-state index contributed by atoms with van der Waals surface area (Å²) in [6, 6.07) is 8.46. The van der Waals surface area contributed by atoms with E-state index in [0.29, 0.717) is 16.9 Å². The van der Waals surface area contributed by atoms with Crippen LogP contribution in [-0.2, 0) is 16.4 Å². The van der Waals surface area contributed by atoms with Crippen molar-refractivity contribution in [2.24, 2.45) is 0 Å². The van der Waals surface area contributed by atoms with Crippen molar-refractivity contribution in [3.05, 3.63) is 47.9 Å². The summed E-state index contributed by atoms with van der Waals surface area (Å²) >= 11 is 1.22. The maximum Gasteiger partial charge on any atom is 0.263 e. The van der Waals surface area contributed by atoms with Crippen molar-refractivity contribution in [2.75, 3.05) is 4.72 Å². The summed E-state index contributed by atoms with van der Waals surface area (Å²) in [6.45, 7) is 2.03. The largest absolute Gasteiger partial charge is 0.263 e. The van der Waals surface area contributed by atoms with Gasteiger partial charge in [0.05, 0.1) is 11.1 Å². The van der Waals surface area contributed by atoms with Gasteiger partial charge in [-0.1, -0.05) is 19.1 Å². The van der Waals surface area contributed by atoms with Crippen LogP contribution in [0.25, 0.3) is 5.13 Å². The summed E-state index contributed by atoms with van der Waals surface area (Å²) in [5, 5.41) is 4.74. The van der Waals surface area contributed by atoms with Gasteiger partial charge in [0.2, 0.25) is 5.13 Å². The Labute approximate surface area is 150 Å². The molecule has 9 heteroatoms. The van der Waals surface area contributed by atoms with E-state index in [1.54, 1.807) is 18.2 Å². The van der Waals surface area contributed by atoms with Crippen LogP contribution in [0.1, 0.15) is 37.1 Å². The molecule has 1 aliphatic carbocycles. The van der Waals surface area contributed by atoms with E-state index >= 15 is 0 Å². The molecule has 25 heavy (non-hydrogen) atoms. The summed E-state index contributed by atoms with van der Waals surface area (Å²) < 4.78 is 33.6. The van der Waals surface area contributed by atoms with Gasteiger partial charge < -0.3 is 0 Å². The molecular formula is C16H17N5O2S2. The lowest BCUT2D eigenvalue weighted by atomic mass is 10.2. The molecular weight excluding hydrogens is 358 g/mol. The molecule has 1 saturated carbocycles. The fourth-order valence-electron chi connectivity index (χ4n) is 2.45. The van der Waals surface area contributed by atoms with Crippen LogP contribution in [0.3, 0.4) is 0 Å². The predicted octanol–water partition coefficient (Wildman–Crippen LogP) is 2.96. The third-order valence-electron chi connectivity index (χ3n) is 4.08. The van der Waals surface area contributed by atoms with Gasteiger partial charge in [0.1, 0.15) is 11.6 Å². The minimum absolute atomic E-state index is 0.216. The van der Waals surface area contributed by atoms with Gasteiger partial charge in [0.25, 0.3) is 10.0 Å². The number of nitrogens with one attached hydrogen (secondary N) is 1. The molecule has 1 aliphatic rings. The average Bonchev–Trinajstić information content (AvgIpc) is 3.17. The van der Waals surface area contributed by atoms with E-state index in [0.717, 1.165) is 30.7 Å². The highest BCUT2D eigenvalue weighted by Crippen LogP contribution is 2.39. The van der Waals surface area contributed by atoms with Gasteiger partial charge in [-0.2, -0.15) is 14.2 Å². The summed E-state index contributed by atoms with van der Waals surface area (Å²) in [6.07, 6.45) is 4.63. The second-order valence-corrected chi connectivity index (χ2v) is 8.35. The Balaban J connectivity index is 1.60. The molecule has 0 unspecified atom stereocenters. The molecule has 1 N–H and O–H groups in total.